The molecule has 0 N–H and O–H groups in total. The fourth-order valence-corrected chi connectivity index (χ4v) is 2.33. The van der Waals surface area contributed by atoms with Crippen LogP contribution in [-0.2, 0) is 16.6 Å². The predicted octanol–water partition coefficient (Wildman–Crippen LogP) is 1.84. The maximum Gasteiger partial charge on any atom is 0.325 e. The van der Waals surface area contributed by atoms with E-state index >= 15 is 0 Å². The topological polar surface area (TPSA) is 64.4 Å². The number of aromatic nitrogens is 2. The number of imidazole rings is 1. The van der Waals surface area contributed by atoms with Gasteiger partial charge in [0.1, 0.15) is 6.54 Å². The molecule has 118 valence electrons. The lowest BCUT2D eigenvalue weighted by Crippen LogP contribution is -2.38. The van der Waals surface area contributed by atoms with Gasteiger partial charge in [-0.2, -0.15) is 0 Å². The van der Waals surface area contributed by atoms with E-state index in [1.165, 1.54) is 12.0 Å². The van der Waals surface area contributed by atoms with Crippen LogP contribution < -0.4 is 0 Å². The van der Waals surface area contributed by atoms with Crippen LogP contribution in [0.5, 0.6) is 0 Å². The fourth-order valence-electron chi connectivity index (χ4n) is 2.33. The zero-order valence-electron chi connectivity index (χ0n) is 13.4. The van der Waals surface area contributed by atoms with Crippen molar-refractivity contribution in [3.63, 3.8) is 0 Å². The van der Waals surface area contributed by atoms with Crippen molar-refractivity contribution in [1.82, 2.24) is 14.5 Å². The Morgan fingerprint density at radius 1 is 1.36 bits per heavy atom. The number of fused-ring (bicyclic) bond motifs is 1. The number of benzene rings is 1. The molecule has 0 saturated carbocycles. The average Bonchev–Trinajstić information content (AvgIpc) is 2.86. The first-order chi connectivity index (χ1) is 10.4. The monoisotopic (exact) mass is 303 g/mol. The van der Waals surface area contributed by atoms with Gasteiger partial charge in [0, 0.05) is 19.2 Å². The van der Waals surface area contributed by atoms with Crippen LogP contribution in [0.4, 0.5) is 0 Å². The van der Waals surface area contributed by atoms with E-state index in [4.69, 9.17) is 0 Å². The molecule has 0 aliphatic heterocycles. The Bertz CT molecular complexity index is 691. The van der Waals surface area contributed by atoms with Crippen molar-refractivity contribution in [2.75, 3.05) is 20.2 Å². The highest BCUT2D eigenvalue weighted by Gasteiger charge is 2.20. The zero-order valence-corrected chi connectivity index (χ0v) is 13.4. The lowest BCUT2D eigenvalue weighted by atomic mass is 10.1. The van der Waals surface area contributed by atoms with Gasteiger partial charge in [-0.15, -0.1) is 0 Å². The van der Waals surface area contributed by atoms with Crippen molar-refractivity contribution >= 4 is 22.9 Å². The van der Waals surface area contributed by atoms with Crippen LogP contribution in [0.15, 0.2) is 24.5 Å². The second kappa shape index (κ2) is 6.60. The van der Waals surface area contributed by atoms with E-state index in [1.54, 1.807) is 18.5 Å². The van der Waals surface area contributed by atoms with E-state index in [0.29, 0.717) is 12.1 Å². The highest BCUT2D eigenvalue weighted by molar-refractivity contribution is 5.98. The van der Waals surface area contributed by atoms with E-state index in [-0.39, 0.29) is 18.4 Å². The first-order valence-electron chi connectivity index (χ1n) is 7.19. The van der Waals surface area contributed by atoms with E-state index < -0.39 is 5.97 Å². The molecule has 1 amide bonds. The van der Waals surface area contributed by atoms with Crippen molar-refractivity contribution in [3.05, 3.63) is 30.1 Å². The molecule has 0 aliphatic carbocycles. The Balaban J connectivity index is 2.28. The van der Waals surface area contributed by atoms with Gasteiger partial charge in [0.05, 0.1) is 24.5 Å². The van der Waals surface area contributed by atoms with Crippen LogP contribution in [-0.4, -0.2) is 46.5 Å². The number of aryl methyl sites for hydroxylation is 1. The van der Waals surface area contributed by atoms with Gasteiger partial charge in [-0.05, 0) is 24.1 Å². The maximum atomic E-state index is 12.7. The second-order valence-corrected chi connectivity index (χ2v) is 5.71. The van der Waals surface area contributed by atoms with Crippen LogP contribution in [0.1, 0.15) is 24.2 Å². The molecule has 1 heterocycles. The van der Waals surface area contributed by atoms with E-state index in [2.05, 4.69) is 9.72 Å². The molecule has 22 heavy (non-hydrogen) atoms. The highest BCUT2D eigenvalue weighted by Crippen LogP contribution is 2.16. The summed E-state index contributed by atoms with van der Waals surface area (Å²) in [6.45, 7) is 4.45. The van der Waals surface area contributed by atoms with Crippen molar-refractivity contribution < 1.29 is 14.3 Å². The van der Waals surface area contributed by atoms with Crippen molar-refractivity contribution in [1.29, 1.82) is 0 Å². The number of carbonyl (C=O) groups excluding carboxylic acids is 2. The second-order valence-electron chi connectivity index (χ2n) is 5.71. The van der Waals surface area contributed by atoms with E-state index in [1.807, 2.05) is 31.5 Å². The SMILES string of the molecule is COC(=O)CN(CC(C)C)C(=O)c1ccc2c(c1)ncn2C. The van der Waals surface area contributed by atoms with Crippen LogP contribution in [0, 0.1) is 5.92 Å². The number of nitrogens with zero attached hydrogens (tertiary/aromatic N) is 3. The lowest BCUT2D eigenvalue weighted by molar-refractivity contribution is -0.141. The van der Waals surface area contributed by atoms with Gasteiger partial charge < -0.3 is 14.2 Å². The molecular formula is C16H21N3O3. The Morgan fingerprint density at radius 2 is 2.09 bits per heavy atom. The van der Waals surface area contributed by atoms with Crippen LogP contribution >= 0.6 is 0 Å². The van der Waals surface area contributed by atoms with Crippen LogP contribution in [0.2, 0.25) is 0 Å². The van der Waals surface area contributed by atoms with Gasteiger partial charge in [0.2, 0.25) is 0 Å². The number of hydrogen-bond acceptors (Lipinski definition) is 4. The summed E-state index contributed by atoms with van der Waals surface area (Å²) < 4.78 is 6.57. The molecule has 0 fully saturated rings. The van der Waals surface area contributed by atoms with Gasteiger partial charge in [0.15, 0.2) is 0 Å². The first-order valence-corrected chi connectivity index (χ1v) is 7.19. The van der Waals surface area contributed by atoms with Gasteiger partial charge in [0.25, 0.3) is 5.91 Å². The van der Waals surface area contributed by atoms with Gasteiger partial charge in [-0.1, -0.05) is 13.8 Å². The lowest BCUT2D eigenvalue weighted by Gasteiger charge is -2.23. The summed E-state index contributed by atoms with van der Waals surface area (Å²) in [6, 6.07) is 5.38. The summed E-state index contributed by atoms with van der Waals surface area (Å²) in [7, 11) is 3.22. The fraction of sp³-hybridized carbons (Fsp3) is 0.438. The van der Waals surface area contributed by atoms with Crippen molar-refractivity contribution in [2.45, 2.75) is 13.8 Å². The number of hydrogen-bond donors (Lipinski definition) is 0. The summed E-state index contributed by atoms with van der Waals surface area (Å²) >= 11 is 0. The molecule has 1 aromatic heterocycles. The number of carbonyl (C=O) groups is 2. The summed E-state index contributed by atoms with van der Waals surface area (Å²) in [5, 5.41) is 0. The Hall–Kier alpha value is -2.37. The number of amides is 1. The smallest absolute Gasteiger partial charge is 0.325 e. The molecule has 0 atom stereocenters. The Kier molecular flexibility index (Phi) is 4.80. The minimum atomic E-state index is -0.423. The van der Waals surface area contributed by atoms with Crippen LogP contribution in [0.3, 0.4) is 0 Å². The van der Waals surface area contributed by atoms with Crippen molar-refractivity contribution in [2.24, 2.45) is 13.0 Å². The third-order valence-electron chi connectivity index (χ3n) is 3.39. The molecule has 2 rings (SSSR count). The van der Waals surface area contributed by atoms with Gasteiger partial charge >= 0.3 is 5.97 Å². The minimum Gasteiger partial charge on any atom is -0.468 e. The molecule has 1 aromatic carbocycles. The molecule has 6 nitrogen and oxygen atoms in total. The zero-order chi connectivity index (χ0) is 16.3. The third kappa shape index (κ3) is 3.44. The van der Waals surface area contributed by atoms with E-state index in [9.17, 15) is 9.59 Å². The molecule has 0 radical (unpaired) electrons. The average molecular weight is 303 g/mol. The van der Waals surface area contributed by atoms with Crippen molar-refractivity contribution in [3.8, 4) is 0 Å². The molecule has 2 aromatic rings. The minimum absolute atomic E-state index is 0.0478. The summed E-state index contributed by atoms with van der Waals surface area (Å²) in [5.41, 5.74) is 2.24. The summed E-state index contributed by atoms with van der Waals surface area (Å²) in [6.07, 6.45) is 1.71. The first kappa shape index (κ1) is 16.0. The molecule has 0 unspecified atom stereocenters. The van der Waals surface area contributed by atoms with Crippen LogP contribution in [0.25, 0.3) is 11.0 Å². The normalized spacial score (nSPS) is 11.0. The summed E-state index contributed by atoms with van der Waals surface area (Å²) in [5.74, 6) is -0.355. The predicted molar refractivity (Wildman–Crippen MR) is 83.5 cm³/mol. The standard InChI is InChI=1S/C16H21N3O3/c1-11(2)8-19(9-15(20)22-4)16(21)12-5-6-14-13(7-12)17-10-18(14)3/h5-7,10-11H,8-9H2,1-4H3. The molecule has 0 saturated heterocycles. The van der Waals surface area contributed by atoms with Gasteiger partial charge in [-0.25, -0.2) is 4.98 Å². The number of methoxy groups -OCH3 is 1. The molecule has 0 aliphatic rings. The number of rotatable bonds is 5. The maximum absolute atomic E-state index is 12.7. The Morgan fingerprint density at radius 3 is 2.73 bits per heavy atom. The molecule has 6 heteroatoms. The largest absolute Gasteiger partial charge is 0.468 e. The highest BCUT2D eigenvalue weighted by atomic mass is 16.5. The quantitative estimate of drug-likeness (QED) is 0.791. The number of esters is 1. The Labute approximate surface area is 129 Å². The molecule has 0 bridgehead atoms. The van der Waals surface area contributed by atoms with E-state index in [0.717, 1.165) is 11.0 Å². The molecule has 0 spiro atoms. The van der Waals surface area contributed by atoms with Gasteiger partial charge in [-0.3, -0.25) is 9.59 Å². The summed E-state index contributed by atoms with van der Waals surface area (Å²) in [4.78, 5) is 30.0. The molecular weight excluding hydrogens is 282 g/mol. The number of ether oxygens (including phenoxy) is 1. The third-order valence-corrected chi connectivity index (χ3v) is 3.39.